The first-order valence-corrected chi connectivity index (χ1v) is 9.37. The Kier molecular flexibility index (Phi) is 4.94. The van der Waals surface area contributed by atoms with Crippen molar-refractivity contribution in [2.75, 3.05) is 10.0 Å². The van der Waals surface area contributed by atoms with Gasteiger partial charge in [-0.25, -0.2) is 12.8 Å². The van der Waals surface area contributed by atoms with E-state index >= 15 is 0 Å². The highest BCUT2D eigenvalue weighted by atomic mass is 32.2. The molecular weight excluding hydrogens is 357 g/mol. The minimum absolute atomic E-state index is 0.0519. The Bertz CT molecular complexity index is 978. The maximum atomic E-state index is 12.9. The fourth-order valence-corrected chi connectivity index (χ4v) is 3.92. The number of aryl methyl sites for hydroxylation is 2. The summed E-state index contributed by atoms with van der Waals surface area (Å²) in [6.07, 6.45) is 0. The maximum absolute atomic E-state index is 12.9. The molecule has 0 bridgehead atoms. The van der Waals surface area contributed by atoms with Crippen molar-refractivity contribution < 1.29 is 17.3 Å². The normalized spacial score (nSPS) is 11.3. The fourth-order valence-electron chi connectivity index (χ4n) is 2.53. The first-order chi connectivity index (χ1) is 12.3. The molecule has 3 aromatic rings. The predicted molar refractivity (Wildman–Crippen MR) is 97.0 cm³/mol. The molecule has 0 aliphatic rings. The summed E-state index contributed by atoms with van der Waals surface area (Å²) in [5.41, 5.74) is 2.49. The van der Waals surface area contributed by atoms with Gasteiger partial charge in [-0.1, -0.05) is 17.3 Å². The van der Waals surface area contributed by atoms with E-state index in [-0.39, 0.29) is 16.5 Å². The number of sulfonamides is 1. The van der Waals surface area contributed by atoms with Gasteiger partial charge in [0.15, 0.2) is 10.7 Å². The third-order valence-electron chi connectivity index (χ3n) is 3.78. The molecule has 0 aliphatic carbocycles. The van der Waals surface area contributed by atoms with Crippen LogP contribution in [-0.4, -0.2) is 13.6 Å². The van der Waals surface area contributed by atoms with Gasteiger partial charge in [0.05, 0.1) is 0 Å². The highest BCUT2D eigenvalue weighted by Crippen LogP contribution is 2.23. The summed E-state index contributed by atoms with van der Waals surface area (Å²) in [6, 6.07) is 13.0. The number of benzene rings is 2. The summed E-state index contributed by atoms with van der Waals surface area (Å²) >= 11 is 0. The smallest absolute Gasteiger partial charge is 0.267 e. The first kappa shape index (κ1) is 17.9. The molecule has 26 heavy (non-hydrogen) atoms. The van der Waals surface area contributed by atoms with Gasteiger partial charge in [0.25, 0.3) is 10.0 Å². The number of rotatable bonds is 6. The van der Waals surface area contributed by atoms with Crippen molar-refractivity contribution >= 4 is 21.4 Å². The van der Waals surface area contributed by atoms with Gasteiger partial charge >= 0.3 is 0 Å². The Morgan fingerprint density at radius 2 is 1.62 bits per heavy atom. The zero-order valence-electron chi connectivity index (χ0n) is 14.3. The van der Waals surface area contributed by atoms with Gasteiger partial charge in [-0.05, 0) is 55.8 Å². The molecule has 0 saturated heterocycles. The van der Waals surface area contributed by atoms with Gasteiger partial charge in [0.2, 0.25) is 0 Å². The Labute approximate surface area is 151 Å². The van der Waals surface area contributed by atoms with Gasteiger partial charge < -0.3 is 9.84 Å². The van der Waals surface area contributed by atoms with E-state index in [1.165, 1.54) is 12.1 Å². The second-order valence-electron chi connectivity index (χ2n) is 5.82. The number of anilines is 2. The van der Waals surface area contributed by atoms with E-state index < -0.39 is 10.0 Å². The minimum Gasteiger partial charge on any atom is -0.381 e. The Balaban J connectivity index is 1.67. The Morgan fingerprint density at radius 3 is 2.19 bits per heavy atom. The van der Waals surface area contributed by atoms with E-state index in [1.807, 2.05) is 0 Å². The molecule has 0 aliphatic heterocycles. The lowest BCUT2D eigenvalue weighted by Gasteiger charge is -2.10. The molecule has 0 atom stereocenters. The molecule has 0 unspecified atom stereocenters. The van der Waals surface area contributed by atoms with Crippen LogP contribution in [0.5, 0.6) is 0 Å². The Morgan fingerprint density at radius 1 is 1.00 bits per heavy atom. The summed E-state index contributed by atoms with van der Waals surface area (Å²) in [5.74, 6) is -0.0312. The second kappa shape index (κ2) is 7.17. The molecule has 0 saturated carbocycles. The van der Waals surface area contributed by atoms with E-state index in [1.54, 1.807) is 50.2 Å². The fraction of sp³-hybridized carbons (Fsp3) is 0.167. The van der Waals surface area contributed by atoms with Crippen LogP contribution in [0.25, 0.3) is 0 Å². The lowest BCUT2D eigenvalue weighted by molar-refractivity contribution is 0.390. The monoisotopic (exact) mass is 375 g/mol. The number of hydrogen-bond donors (Lipinski definition) is 2. The van der Waals surface area contributed by atoms with Gasteiger partial charge in [-0.15, -0.1) is 0 Å². The predicted octanol–water partition coefficient (Wildman–Crippen LogP) is 3.84. The molecule has 6 nitrogen and oxygen atoms in total. The van der Waals surface area contributed by atoms with Crippen LogP contribution < -0.4 is 10.0 Å². The number of halogens is 1. The van der Waals surface area contributed by atoms with E-state index in [4.69, 9.17) is 4.52 Å². The average Bonchev–Trinajstić information content (AvgIpc) is 2.95. The molecule has 2 aromatic carbocycles. The zero-order chi connectivity index (χ0) is 18.7. The topological polar surface area (TPSA) is 84.2 Å². The summed E-state index contributed by atoms with van der Waals surface area (Å²) < 4.78 is 45.3. The number of nitrogens with zero attached hydrogens (tertiary/aromatic N) is 1. The highest BCUT2D eigenvalue weighted by Gasteiger charge is 2.24. The van der Waals surface area contributed by atoms with Gasteiger partial charge in [0.1, 0.15) is 11.5 Å². The van der Waals surface area contributed by atoms with Crippen molar-refractivity contribution in [1.82, 2.24) is 5.16 Å². The van der Waals surface area contributed by atoms with Crippen LogP contribution in [0.4, 0.5) is 15.8 Å². The minimum atomic E-state index is -3.77. The third kappa shape index (κ3) is 4.02. The second-order valence-corrected chi connectivity index (χ2v) is 7.44. The molecule has 0 radical (unpaired) electrons. The molecule has 3 rings (SSSR count). The standard InChI is InChI=1S/C18H18FN3O3S/c1-12-18(13(2)25-21-12)26(23,24)22-17-9-7-16(8-10-17)20-11-14-3-5-15(19)6-4-14/h3-10,20,22H,11H2,1-2H3. The summed E-state index contributed by atoms with van der Waals surface area (Å²) in [6.45, 7) is 3.66. The van der Waals surface area contributed by atoms with Crippen LogP contribution in [-0.2, 0) is 16.6 Å². The van der Waals surface area contributed by atoms with Crippen molar-refractivity contribution in [3.8, 4) is 0 Å². The van der Waals surface area contributed by atoms with E-state index in [0.29, 0.717) is 17.9 Å². The van der Waals surface area contributed by atoms with Crippen molar-refractivity contribution in [2.24, 2.45) is 0 Å². The van der Waals surface area contributed by atoms with Crippen LogP contribution in [0, 0.1) is 19.7 Å². The summed E-state index contributed by atoms with van der Waals surface area (Å²) in [4.78, 5) is 0.0519. The molecular formula is C18H18FN3O3S. The SMILES string of the molecule is Cc1noc(C)c1S(=O)(=O)Nc1ccc(NCc2ccc(F)cc2)cc1. The Hall–Kier alpha value is -2.87. The number of hydrogen-bond acceptors (Lipinski definition) is 5. The lowest BCUT2D eigenvalue weighted by Crippen LogP contribution is -2.14. The van der Waals surface area contributed by atoms with Gasteiger partial charge in [0, 0.05) is 17.9 Å². The van der Waals surface area contributed by atoms with Crippen LogP contribution in [0.3, 0.4) is 0 Å². The number of nitrogens with one attached hydrogen (secondary N) is 2. The van der Waals surface area contributed by atoms with E-state index in [9.17, 15) is 12.8 Å². The van der Waals surface area contributed by atoms with Crippen LogP contribution in [0.1, 0.15) is 17.0 Å². The maximum Gasteiger partial charge on any atom is 0.267 e. The van der Waals surface area contributed by atoms with Crippen molar-refractivity contribution in [3.05, 3.63) is 71.4 Å². The quantitative estimate of drug-likeness (QED) is 0.684. The lowest BCUT2D eigenvalue weighted by atomic mass is 10.2. The molecule has 0 spiro atoms. The average molecular weight is 375 g/mol. The van der Waals surface area contributed by atoms with Crippen molar-refractivity contribution in [1.29, 1.82) is 0 Å². The van der Waals surface area contributed by atoms with Crippen molar-refractivity contribution in [2.45, 2.75) is 25.3 Å². The molecule has 1 aromatic heterocycles. The largest absolute Gasteiger partial charge is 0.381 e. The first-order valence-electron chi connectivity index (χ1n) is 7.89. The zero-order valence-corrected chi connectivity index (χ0v) is 15.1. The van der Waals surface area contributed by atoms with Crippen LogP contribution in [0.15, 0.2) is 57.9 Å². The molecule has 1 heterocycles. The number of aromatic nitrogens is 1. The highest BCUT2D eigenvalue weighted by molar-refractivity contribution is 7.92. The van der Waals surface area contributed by atoms with Crippen molar-refractivity contribution in [3.63, 3.8) is 0 Å². The van der Waals surface area contributed by atoms with E-state index in [2.05, 4.69) is 15.2 Å². The summed E-state index contributed by atoms with van der Waals surface area (Å²) in [5, 5.41) is 6.86. The summed E-state index contributed by atoms with van der Waals surface area (Å²) in [7, 11) is -3.77. The van der Waals surface area contributed by atoms with Gasteiger partial charge in [-0.2, -0.15) is 0 Å². The molecule has 2 N–H and O–H groups in total. The molecule has 0 amide bonds. The van der Waals surface area contributed by atoms with Gasteiger partial charge in [-0.3, -0.25) is 4.72 Å². The van der Waals surface area contributed by atoms with Crippen LogP contribution in [0.2, 0.25) is 0 Å². The van der Waals surface area contributed by atoms with Crippen LogP contribution >= 0.6 is 0 Å². The molecule has 8 heteroatoms. The molecule has 136 valence electrons. The third-order valence-corrected chi connectivity index (χ3v) is 5.41. The van der Waals surface area contributed by atoms with E-state index in [0.717, 1.165) is 11.3 Å². The molecule has 0 fully saturated rings.